The predicted molar refractivity (Wildman–Crippen MR) is 406 cm³/mol. The number of carboxylic acids is 2. The van der Waals surface area contributed by atoms with Crippen LogP contribution in [-0.2, 0) is 132 Å². The van der Waals surface area contributed by atoms with Gasteiger partial charge in [0.1, 0.15) is 122 Å². The summed E-state index contributed by atoms with van der Waals surface area (Å²) in [6, 6.07) is -12.2. The van der Waals surface area contributed by atoms with Crippen molar-refractivity contribution < 1.29 is 208 Å². The van der Waals surface area contributed by atoms with Crippen molar-refractivity contribution in [1.29, 1.82) is 0 Å². The first-order chi connectivity index (χ1) is 58.9. The van der Waals surface area contributed by atoms with Gasteiger partial charge in [-0.05, 0) is 78.2 Å². The molecule has 0 bridgehead atoms. The van der Waals surface area contributed by atoms with Gasteiger partial charge in [0.25, 0.3) is 0 Å². The van der Waals surface area contributed by atoms with Crippen LogP contribution in [0.25, 0.3) is 10.4 Å². The molecule has 60 heteroatoms. The van der Waals surface area contributed by atoms with E-state index in [1.165, 1.54) is 13.8 Å². The van der Waals surface area contributed by atoms with E-state index >= 15 is 0 Å². The van der Waals surface area contributed by atoms with Crippen molar-refractivity contribution in [2.75, 3.05) is 66.8 Å². The number of ether oxygens (including phenoxy) is 8. The lowest BCUT2D eigenvalue weighted by molar-refractivity contribution is -0.368. The SMILES string of the molecule is COP(=O)([O-])P(=O)([O-])O[C@H]1O[C@H](CO)C(O[C@@H]2O[C@H](CO)[C@@H](O)[C@H](O)[C@H]2NC(C)=O)[C@H](O[C@H](C)C(=O)N[C@@H](C)C(=O)NCCCC(=O)N[C@@H](CCCCN=[N+]=[N-])C(=O)[O-])[C@H]1NC(C)=O.COP(=O)([O-])P(=O)([O-])O[C@H]1O[C@H](CO)C(O[C@@H]2O[C@H](CO)[C@@H](O)[C@H](O)[C@H]2NC(C)=O)[C@H](O[C@H](C)C(=O)N[C@@H](C)C(=O)NCCCC(=O)N[C@@H](CCCC[NH3+])C(=O)[O-])[C@H]1NC(C)=O. The van der Waals surface area contributed by atoms with Crippen LogP contribution in [0.1, 0.15) is 120 Å². The van der Waals surface area contributed by atoms with Gasteiger partial charge < -0.3 is 186 Å². The van der Waals surface area contributed by atoms with Crippen LogP contribution in [0.4, 0.5) is 0 Å². The summed E-state index contributed by atoms with van der Waals surface area (Å²) >= 11 is 0. The maximum atomic E-state index is 13.5. The highest BCUT2D eigenvalue weighted by Crippen LogP contribution is 2.73. The number of amides is 10. The molecule has 4 saturated heterocycles. The number of quaternary nitrogens is 1. The molecule has 0 saturated carbocycles. The van der Waals surface area contributed by atoms with Gasteiger partial charge in [0.15, 0.2) is 25.2 Å². The zero-order chi connectivity index (χ0) is 95.6. The quantitative estimate of drug-likeness (QED) is 0.00884. The molecule has 4 aliphatic rings. The Morgan fingerprint density at radius 3 is 1.08 bits per heavy atom. The topological polar surface area (TPSA) is 881 Å². The molecular weight excluding hydrogens is 1780 g/mol. The minimum Gasteiger partial charge on any atom is -0.772 e. The van der Waals surface area contributed by atoms with E-state index < -0.39 is 286 Å². The highest BCUT2D eigenvalue weighted by Gasteiger charge is 2.57. The minimum absolute atomic E-state index is 0.0208. The molecule has 4 rings (SSSR count). The Morgan fingerprint density at radius 2 is 0.778 bits per heavy atom. The number of rotatable bonds is 51. The summed E-state index contributed by atoms with van der Waals surface area (Å²) in [4.78, 5) is 202. The molecule has 0 radical (unpaired) electrons. The average Bonchev–Trinajstić information content (AvgIpc) is 0.763. The van der Waals surface area contributed by atoms with E-state index in [0.29, 0.717) is 46.4 Å². The monoisotopic (exact) mass is 1900 g/mol. The molecule has 0 aliphatic carbocycles. The predicted octanol–water partition coefficient (Wildman–Crippen LogP) is -13.8. The first-order valence-corrected chi connectivity index (χ1v) is 46.7. The summed E-state index contributed by atoms with van der Waals surface area (Å²) in [5, 5.41) is 133. The van der Waals surface area contributed by atoms with E-state index in [1.807, 2.05) is 0 Å². The third-order valence-electron chi connectivity index (χ3n) is 19.0. The highest BCUT2D eigenvalue weighted by molar-refractivity contribution is 8.26. The smallest absolute Gasteiger partial charge is 0.249 e. The number of azide groups is 1. The number of hydrogen-bond acceptors (Lipinski definition) is 43. The summed E-state index contributed by atoms with van der Waals surface area (Å²) in [5.41, 5.74) is 12.0. The maximum Gasteiger partial charge on any atom is 0.249 e. The number of carbonyl (C=O) groups is 12. The van der Waals surface area contributed by atoms with Crippen LogP contribution in [0.15, 0.2) is 5.11 Å². The van der Waals surface area contributed by atoms with Gasteiger partial charge in [-0.1, -0.05) is 11.5 Å². The lowest BCUT2D eigenvalue weighted by atomic mass is 9.94. The molecule has 56 nitrogen and oxygen atoms in total. The van der Waals surface area contributed by atoms with Gasteiger partial charge >= 0.3 is 0 Å². The van der Waals surface area contributed by atoms with Crippen molar-refractivity contribution in [2.45, 2.75) is 279 Å². The minimum atomic E-state index is -6.11. The Morgan fingerprint density at radius 1 is 0.452 bits per heavy atom. The molecule has 4 heterocycles. The molecule has 724 valence electrons. The van der Waals surface area contributed by atoms with E-state index in [0.717, 1.165) is 41.5 Å². The zero-order valence-corrected chi connectivity index (χ0v) is 73.6. The third kappa shape index (κ3) is 34.6. The number of aliphatic carboxylic acids is 2. The molecule has 0 aromatic rings. The molecule has 0 aromatic heterocycles. The van der Waals surface area contributed by atoms with E-state index in [9.17, 15) is 146 Å². The molecule has 30 atom stereocenters. The molecule has 21 N–H and O–H groups in total. The van der Waals surface area contributed by atoms with Crippen molar-refractivity contribution in [3.05, 3.63) is 10.4 Å². The molecule has 4 fully saturated rings. The molecule has 0 aromatic carbocycles. The second-order valence-electron chi connectivity index (χ2n) is 28.8. The molecule has 4 aliphatic heterocycles. The van der Waals surface area contributed by atoms with Crippen molar-refractivity contribution in [3.8, 4) is 0 Å². The third-order valence-corrected chi connectivity index (χ3v) is 27.3. The second kappa shape index (κ2) is 53.9. The highest BCUT2D eigenvalue weighted by atomic mass is 32.1. The summed E-state index contributed by atoms with van der Waals surface area (Å²) in [6.45, 7) is 5.24. The van der Waals surface area contributed by atoms with Gasteiger partial charge in [-0.15, -0.1) is 0 Å². The summed E-state index contributed by atoms with van der Waals surface area (Å²) < 4.78 is 114. The molecule has 126 heavy (non-hydrogen) atoms. The summed E-state index contributed by atoms with van der Waals surface area (Å²) in [7, 11) is -22.8. The Hall–Kier alpha value is -7.13. The Balaban J connectivity index is 0.000000650. The lowest BCUT2D eigenvalue weighted by Gasteiger charge is -2.50. The number of aliphatic hydroxyl groups is 8. The largest absolute Gasteiger partial charge is 0.772 e. The van der Waals surface area contributed by atoms with Gasteiger partial charge in [-0.25, -0.2) is 0 Å². The second-order valence-corrected chi connectivity index (χ2v) is 39.6. The first-order valence-electron chi connectivity index (χ1n) is 39.1. The lowest BCUT2D eigenvalue weighted by Crippen LogP contribution is -2.70. The number of nitrogens with one attached hydrogen (secondary N) is 10. The van der Waals surface area contributed by atoms with Crippen LogP contribution < -0.4 is 88.7 Å². The van der Waals surface area contributed by atoms with Crippen LogP contribution >= 0.6 is 29.1 Å². The standard InChI is InChI=1S/C33H58N8O21P2.C33H60N6O21P2/c1-15(29(49)35-11-8-10-22(46)40-19(31(51)52)9-6-7-12-36-41-34)37-30(50)16(2)58-28-24(39-18(4)45)33(62-64(55,56)63(53,54)57-5)60-21(14-43)27(28)61-32-23(38-17(3)44)26(48)25(47)20(13-42)59-32;1-15(29(47)35-12-8-10-22(44)39-19(31(49)50)9-6-7-11-34)36-30(48)16(2)56-28-24(38-18(4)43)33(60-62(53,54)61(51,52)55-5)58-21(14-41)27(28)59-32-23(37-17(3)42)26(46)25(45)20(13-40)57-32/h15-16,19-21,23-28,32-33,42-43,47-48H,6-14H2,1-5H3,(H,35,49)(H,37,50)(H,38,44)(H,39,45)(H,40,46)(H,51,52)(H,53,54)(H,55,56);15-16,19-21,23-28,32-33,40-41,45-46H,6-14,34H2,1-5H3,(H,35,47)(H,36,48)(H,37,42)(H,38,43)(H,39,44)(H,49,50)(H,51,52)(H,53,54)/p-5/t2*15-,16+,19-,20+,21+,23+,24+,25+,26+,27?,28+,32-,33+/m00/s1. The summed E-state index contributed by atoms with van der Waals surface area (Å²) in [6.07, 6.45) is -31.7. The van der Waals surface area contributed by atoms with Gasteiger partial charge in [0.2, 0.25) is 88.2 Å². The van der Waals surface area contributed by atoms with Crippen molar-refractivity contribution in [1.82, 2.24) is 53.2 Å². The van der Waals surface area contributed by atoms with Crippen LogP contribution in [-0.4, -0.2) is 338 Å². The zero-order valence-electron chi connectivity index (χ0n) is 70.0. The molecule has 6 unspecified atom stereocenters. The molecule has 0 spiro atoms. The van der Waals surface area contributed by atoms with Crippen LogP contribution in [0.3, 0.4) is 0 Å². The Labute approximate surface area is 719 Å². The van der Waals surface area contributed by atoms with E-state index in [-0.39, 0.29) is 58.2 Å². The van der Waals surface area contributed by atoms with Gasteiger partial charge in [0.05, 0.1) is 57.0 Å². The van der Waals surface area contributed by atoms with E-state index in [1.54, 1.807) is 0 Å². The normalized spacial score (nSPS) is 29.3. The maximum absolute atomic E-state index is 13.5. The van der Waals surface area contributed by atoms with Gasteiger partial charge in [-0.3, -0.25) is 75.3 Å². The van der Waals surface area contributed by atoms with Gasteiger partial charge in [-0.2, -0.15) is 0 Å². The van der Waals surface area contributed by atoms with E-state index in [4.69, 9.17) is 52.5 Å². The van der Waals surface area contributed by atoms with Crippen molar-refractivity contribution in [3.63, 3.8) is 0 Å². The molecule has 10 amide bonds. The van der Waals surface area contributed by atoms with Crippen LogP contribution in [0.5, 0.6) is 0 Å². The van der Waals surface area contributed by atoms with Crippen molar-refractivity contribution >= 4 is 100 Å². The average molecular weight is 1900 g/mol. The fraction of sp³-hybridized carbons (Fsp3) is 0.818. The van der Waals surface area contributed by atoms with E-state index in [2.05, 4.69) is 78.0 Å². The summed E-state index contributed by atoms with van der Waals surface area (Å²) in [5.74, 6) is -11.2. The molecular formula is C66H113N14O42P4-5. The number of aliphatic hydroxyl groups excluding tert-OH is 8. The number of unbranched alkanes of at least 4 members (excludes halogenated alkanes) is 2. The first kappa shape index (κ1) is 113. The van der Waals surface area contributed by atoms with Gasteiger partial charge in [0, 0.05) is 79.3 Å². The number of carbonyl (C=O) groups excluding carboxylic acids is 12. The fourth-order valence-electron chi connectivity index (χ4n) is 12.5. The van der Waals surface area contributed by atoms with Crippen molar-refractivity contribution in [2.24, 2.45) is 5.11 Å². The fourth-order valence-corrected chi connectivity index (χ4v) is 16.5. The Kier molecular flexibility index (Phi) is 48.3. The number of hydrogen-bond donors (Lipinski definition) is 19. The Bertz CT molecular complexity index is 3870. The van der Waals surface area contributed by atoms with Crippen LogP contribution in [0.2, 0.25) is 0 Å². The number of nitrogens with zero attached hydrogens (tertiary/aromatic N) is 3. The number of carboxylic acid groups (broad SMARTS) is 2. The van der Waals surface area contributed by atoms with Crippen LogP contribution in [0, 0.1) is 0 Å².